The van der Waals surface area contributed by atoms with Crippen molar-refractivity contribution in [3.63, 3.8) is 0 Å². The molecule has 20 heavy (non-hydrogen) atoms. The monoisotopic (exact) mass is 297 g/mol. The van der Waals surface area contributed by atoms with E-state index in [-0.39, 0.29) is 0 Å². The third-order valence-corrected chi connectivity index (χ3v) is 3.83. The highest BCUT2D eigenvalue weighted by atomic mass is 35.5. The van der Waals surface area contributed by atoms with Crippen molar-refractivity contribution in [2.24, 2.45) is 11.8 Å². The largest absolute Gasteiger partial charge is 0.370 e. The van der Waals surface area contributed by atoms with E-state index in [9.17, 15) is 0 Å². The Bertz CT molecular complexity index is 389. The lowest BCUT2D eigenvalue weighted by Crippen LogP contribution is -2.20. The van der Waals surface area contributed by atoms with Gasteiger partial charge in [0.25, 0.3) is 0 Å². The fourth-order valence-electron chi connectivity index (χ4n) is 2.01. The molecule has 114 valence electrons. The molecule has 4 heteroatoms. The Morgan fingerprint density at radius 2 is 1.85 bits per heavy atom. The lowest BCUT2D eigenvalue weighted by molar-refractivity contribution is 0.518. The molecular formula is C16H28ClN3. The summed E-state index contributed by atoms with van der Waals surface area (Å²) in [4.78, 5) is 4.60. The van der Waals surface area contributed by atoms with Gasteiger partial charge in [0.15, 0.2) is 0 Å². The van der Waals surface area contributed by atoms with E-state index in [1.54, 1.807) is 0 Å². The van der Waals surface area contributed by atoms with Crippen LogP contribution in [0.4, 0.5) is 5.82 Å². The molecule has 0 radical (unpaired) electrons. The highest BCUT2D eigenvalue weighted by molar-refractivity contribution is 6.31. The van der Waals surface area contributed by atoms with Crippen LogP contribution in [0.3, 0.4) is 0 Å². The summed E-state index contributed by atoms with van der Waals surface area (Å²) in [5, 5.41) is 7.53. The molecule has 0 aliphatic rings. The van der Waals surface area contributed by atoms with Gasteiger partial charge < -0.3 is 10.6 Å². The lowest BCUT2D eigenvalue weighted by Gasteiger charge is -2.15. The van der Waals surface area contributed by atoms with E-state index in [2.05, 4.69) is 43.3 Å². The van der Waals surface area contributed by atoms with Gasteiger partial charge in [0, 0.05) is 13.1 Å². The topological polar surface area (TPSA) is 37.0 Å². The summed E-state index contributed by atoms with van der Waals surface area (Å²) in [6.07, 6.45) is 2.39. The summed E-state index contributed by atoms with van der Waals surface area (Å²) in [7, 11) is 0. The van der Waals surface area contributed by atoms with E-state index >= 15 is 0 Å². The maximum Gasteiger partial charge on any atom is 0.126 e. The van der Waals surface area contributed by atoms with Gasteiger partial charge in [-0.25, -0.2) is 4.98 Å². The van der Waals surface area contributed by atoms with Crippen LogP contribution in [0.1, 0.15) is 46.2 Å². The zero-order valence-corrected chi connectivity index (χ0v) is 13.9. The van der Waals surface area contributed by atoms with Crippen LogP contribution in [0.5, 0.6) is 0 Å². The van der Waals surface area contributed by atoms with Crippen molar-refractivity contribution >= 4 is 17.4 Å². The van der Waals surface area contributed by atoms with Crippen LogP contribution in [-0.2, 0) is 6.54 Å². The minimum atomic E-state index is 0.630. The molecule has 2 N–H and O–H groups in total. The standard InChI is InChI=1S/C16H28ClN3/c1-5-13(6-2)10-19-16-8-7-14(17)15(20-16)11-18-9-12(3)4/h7-8,12-13,18H,5-6,9-11H2,1-4H3,(H,19,20). The second-order valence-electron chi connectivity index (χ2n) is 5.71. The van der Waals surface area contributed by atoms with Gasteiger partial charge in [0.1, 0.15) is 5.82 Å². The van der Waals surface area contributed by atoms with Crippen LogP contribution in [-0.4, -0.2) is 18.1 Å². The number of hydrogen-bond acceptors (Lipinski definition) is 3. The molecule has 0 aliphatic heterocycles. The molecule has 0 atom stereocenters. The maximum atomic E-state index is 6.20. The molecule has 0 saturated carbocycles. The van der Waals surface area contributed by atoms with Gasteiger partial charge in [-0.1, -0.05) is 52.1 Å². The highest BCUT2D eigenvalue weighted by Crippen LogP contribution is 2.17. The molecule has 3 nitrogen and oxygen atoms in total. The molecule has 0 saturated heterocycles. The molecule has 1 aromatic heterocycles. The number of hydrogen-bond donors (Lipinski definition) is 2. The summed E-state index contributed by atoms with van der Waals surface area (Å²) in [6, 6.07) is 3.88. The van der Waals surface area contributed by atoms with E-state index in [4.69, 9.17) is 11.6 Å². The first-order valence-corrected chi connectivity index (χ1v) is 8.04. The van der Waals surface area contributed by atoms with E-state index in [1.165, 1.54) is 12.8 Å². The third kappa shape index (κ3) is 6.10. The van der Waals surface area contributed by atoms with Gasteiger partial charge in [0.2, 0.25) is 0 Å². The van der Waals surface area contributed by atoms with Gasteiger partial charge in [0.05, 0.1) is 10.7 Å². The fraction of sp³-hybridized carbons (Fsp3) is 0.688. The second-order valence-corrected chi connectivity index (χ2v) is 6.12. The summed E-state index contributed by atoms with van der Waals surface area (Å²) in [5.41, 5.74) is 0.918. The van der Waals surface area contributed by atoms with Gasteiger partial charge in [-0.05, 0) is 30.5 Å². The number of aromatic nitrogens is 1. The zero-order chi connectivity index (χ0) is 15.0. The molecule has 1 aromatic rings. The minimum absolute atomic E-state index is 0.630. The molecule has 0 aliphatic carbocycles. The van der Waals surface area contributed by atoms with Crippen LogP contribution in [0.25, 0.3) is 0 Å². The van der Waals surface area contributed by atoms with Crippen LogP contribution >= 0.6 is 11.6 Å². The Balaban J connectivity index is 2.56. The van der Waals surface area contributed by atoms with Crippen molar-refractivity contribution < 1.29 is 0 Å². The molecular weight excluding hydrogens is 270 g/mol. The first-order valence-electron chi connectivity index (χ1n) is 7.66. The van der Waals surface area contributed by atoms with Crippen LogP contribution in [0.15, 0.2) is 12.1 Å². The van der Waals surface area contributed by atoms with Crippen molar-refractivity contribution in [1.82, 2.24) is 10.3 Å². The van der Waals surface area contributed by atoms with Crippen LogP contribution in [0.2, 0.25) is 5.02 Å². The Morgan fingerprint density at radius 3 is 2.45 bits per heavy atom. The number of nitrogens with one attached hydrogen (secondary N) is 2. The number of halogens is 1. The fourth-order valence-corrected chi connectivity index (χ4v) is 2.18. The van der Waals surface area contributed by atoms with E-state index in [0.717, 1.165) is 36.2 Å². The highest BCUT2D eigenvalue weighted by Gasteiger charge is 2.07. The van der Waals surface area contributed by atoms with Gasteiger partial charge in [-0.3, -0.25) is 0 Å². The SMILES string of the molecule is CCC(CC)CNc1ccc(Cl)c(CNCC(C)C)n1. The summed E-state index contributed by atoms with van der Waals surface area (Å²) in [5.74, 6) is 2.25. The number of anilines is 1. The third-order valence-electron chi connectivity index (χ3n) is 3.49. The lowest BCUT2D eigenvalue weighted by atomic mass is 10.0. The molecule has 0 fully saturated rings. The average Bonchev–Trinajstić information content (AvgIpc) is 2.42. The smallest absolute Gasteiger partial charge is 0.126 e. The van der Waals surface area contributed by atoms with Crippen molar-refractivity contribution in [1.29, 1.82) is 0 Å². The zero-order valence-electron chi connectivity index (χ0n) is 13.2. The quantitative estimate of drug-likeness (QED) is 0.712. The van der Waals surface area contributed by atoms with Gasteiger partial charge in [-0.2, -0.15) is 0 Å². The summed E-state index contributed by atoms with van der Waals surface area (Å²) < 4.78 is 0. The number of rotatable bonds is 9. The first kappa shape index (κ1) is 17.3. The minimum Gasteiger partial charge on any atom is -0.370 e. The number of nitrogens with zero attached hydrogens (tertiary/aromatic N) is 1. The van der Waals surface area contributed by atoms with Crippen LogP contribution < -0.4 is 10.6 Å². The molecule has 0 aromatic carbocycles. The predicted molar refractivity (Wildman–Crippen MR) is 88.4 cm³/mol. The predicted octanol–water partition coefficient (Wildman–Crippen LogP) is 4.33. The van der Waals surface area contributed by atoms with Crippen molar-refractivity contribution in [2.75, 3.05) is 18.4 Å². The Labute approximate surface area is 128 Å². The van der Waals surface area contributed by atoms with E-state index < -0.39 is 0 Å². The molecule has 0 amide bonds. The van der Waals surface area contributed by atoms with E-state index in [0.29, 0.717) is 11.8 Å². The first-order chi connectivity index (χ1) is 9.56. The normalized spacial score (nSPS) is 11.3. The van der Waals surface area contributed by atoms with Crippen molar-refractivity contribution in [3.8, 4) is 0 Å². The summed E-state index contributed by atoms with van der Waals surface area (Å²) >= 11 is 6.20. The average molecular weight is 298 g/mol. The molecule has 0 bridgehead atoms. The van der Waals surface area contributed by atoms with E-state index in [1.807, 2.05) is 12.1 Å². The van der Waals surface area contributed by atoms with Crippen LogP contribution in [0, 0.1) is 11.8 Å². The second kappa shape index (κ2) is 9.19. The van der Waals surface area contributed by atoms with Crippen molar-refractivity contribution in [2.45, 2.75) is 47.1 Å². The van der Waals surface area contributed by atoms with Gasteiger partial charge >= 0.3 is 0 Å². The van der Waals surface area contributed by atoms with Gasteiger partial charge in [-0.15, -0.1) is 0 Å². The molecule has 0 unspecified atom stereocenters. The molecule has 0 spiro atoms. The Morgan fingerprint density at radius 1 is 1.15 bits per heavy atom. The Hall–Kier alpha value is -0.800. The van der Waals surface area contributed by atoms with Crippen molar-refractivity contribution in [3.05, 3.63) is 22.8 Å². The molecule has 1 heterocycles. The summed E-state index contributed by atoms with van der Waals surface area (Å²) in [6.45, 7) is 11.5. The Kier molecular flexibility index (Phi) is 7.93. The number of pyridine rings is 1. The molecule has 1 rings (SSSR count). The maximum absolute atomic E-state index is 6.20.